The highest BCUT2D eigenvalue weighted by Crippen LogP contribution is 2.33. The van der Waals surface area contributed by atoms with E-state index in [1.165, 1.54) is 0 Å². The number of hydrogen-bond acceptors (Lipinski definition) is 5. The third-order valence-corrected chi connectivity index (χ3v) is 4.87. The number of ether oxygens (including phenoxy) is 1. The molecule has 4 aromatic rings. The van der Waals surface area contributed by atoms with Gasteiger partial charge in [-0.1, -0.05) is 31.9 Å². The highest BCUT2D eigenvalue weighted by molar-refractivity contribution is 5.94. The second-order valence-corrected chi connectivity index (χ2v) is 6.81. The van der Waals surface area contributed by atoms with Gasteiger partial charge in [-0.3, -0.25) is 4.79 Å². The van der Waals surface area contributed by atoms with Crippen LogP contribution >= 0.6 is 0 Å². The van der Waals surface area contributed by atoms with Crippen LogP contribution in [-0.4, -0.2) is 31.3 Å². The summed E-state index contributed by atoms with van der Waals surface area (Å²) in [5, 5.41) is 5.03. The van der Waals surface area contributed by atoms with Crippen LogP contribution in [0.5, 0.6) is 5.75 Å². The summed E-state index contributed by atoms with van der Waals surface area (Å²) in [4.78, 5) is 22.4. The van der Waals surface area contributed by atoms with Crippen molar-refractivity contribution in [2.75, 3.05) is 7.11 Å². The van der Waals surface area contributed by atoms with Crippen LogP contribution < -0.4 is 10.3 Å². The molecule has 0 N–H and O–H groups in total. The number of nitrogens with zero attached hydrogens (tertiary/aromatic N) is 5. The minimum absolute atomic E-state index is 0.0722. The summed E-state index contributed by atoms with van der Waals surface area (Å²) in [6.07, 6.45) is 4.97. The minimum Gasteiger partial charge on any atom is -0.496 e. The van der Waals surface area contributed by atoms with Crippen molar-refractivity contribution in [2.24, 2.45) is 0 Å². The molecule has 0 aliphatic rings. The maximum absolute atomic E-state index is 13.4. The van der Waals surface area contributed by atoms with E-state index >= 15 is 0 Å². The highest BCUT2D eigenvalue weighted by atomic mass is 16.5. The standard InChI is InChI=1S/C21H23N5O2/c1-4-5-8-12-25-13-11-16-18(20(25)27)19(15-9-6-7-10-17(15)28-3)26-21(23-16)22-14(2)24-26/h6-7,9-11,13H,4-5,8,12H2,1-3H3. The van der Waals surface area contributed by atoms with Gasteiger partial charge in [-0.05, 0) is 31.5 Å². The van der Waals surface area contributed by atoms with E-state index in [1.54, 1.807) is 16.2 Å². The van der Waals surface area contributed by atoms with Gasteiger partial charge in [-0.15, -0.1) is 5.10 Å². The Hall–Kier alpha value is -3.22. The van der Waals surface area contributed by atoms with E-state index in [9.17, 15) is 4.79 Å². The van der Waals surface area contributed by atoms with Crippen molar-refractivity contribution < 1.29 is 4.74 Å². The van der Waals surface area contributed by atoms with Crippen LogP contribution in [0.2, 0.25) is 0 Å². The Labute approximate surface area is 162 Å². The summed E-state index contributed by atoms with van der Waals surface area (Å²) in [5.41, 5.74) is 1.98. The first-order valence-corrected chi connectivity index (χ1v) is 9.54. The third-order valence-electron chi connectivity index (χ3n) is 4.87. The Morgan fingerprint density at radius 2 is 1.93 bits per heavy atom. The SMILES string of the molecule is CCCCCn1ccc2nc3nc(C)nn3c(-c3ccccc3OC)c2c1=O. The van der Waals surface area contributed by atoms with E-state index in [-0.39, 0.29) is 5.56 Å². The maximum atomic E-state index is 13.4. The van der Waals surface area contributed by atoms with Gasteiger partial charge in [0, 0.05) is 18.3 Å². The summed E-state index contributed by atoms with van der Waals surface area (Å²) < 4.78 is 8.97. The lowest BCUT2D eigenvalue weighted by molar-refractivity contribution is 0.416. The summed E-state index contributed by atoms with van der Waals surface area (Å²) in [7, 11) is 1.62. The maximum Gasteiger partial charge on any atom is 0.262 e. The molecular formula is C21H23N5O2. The second-order valence-electron chi connectivity index (χ2n) is 6.81. The van der Waals surface area contributed by atoms with Crippen LogP contribution in [-0.2, 0) is 6.54 Å². The number of aryl methyl sites for hydroxylation is 2. The van der Waals surface area contributed by atoms with Crippen molar-refractivity contribution in [3.63, 3.8) is 0 Å². The average molecular weight is 377 g/mol. The fraction of sp³-hybridized carbons (Fsp3) is 0.333. The first-order valence-electron chi connectivity index (χ1n) is 9.54. The van der Waals surface area contributed by atoms with Gasteiger partial charge >= 0.3 is 0 Å². The van der Waals surface area contributed by atoms with E-state index in [0.717, 1.165) is 24.8 Å². The van der Waals surface area contributed by atoms with Gasteiger partial charge in [0.1, 0.15) is 11.6 Å². The molecule has 3 aromatic heterocycles. The molecule has 0 saturated carbocycles. The van der Waals surface area contributed by atoms with Gasteiger partial charge < -0.3 is 9.30 Å². The van der Waals surface area contributed by atoms with E-state index in [2.05, 4.69) is 22.0 Å². The molecule has 7 heteroatoms. The molecule has 0 unspecified atom stereocenters. The van der Waals surface area contributed by atoms with Crippen LogP contribution in [0.25, 0.3) is 27.9 Å². The highest BCUT2D eigenvalue weighted by Gasteiger charge is 2.20. The molecule has 1 aromatic carbocycles. The van der Waals surface area contributed by atoms with Crippen molar-refractivity contribution in [1.29, 1.82) is 0 Å². The zero-order valence-corrected chi connectivity index (χ0v) is 16.3. The van der Waals surface area contributed by atoms with Gasteiger partial charge in [0.15, 0.2) is 0 Å². The quantitative estimate of drug-likeness (QED) is 0.480. The average Bonchev–Trinajstić information content (AvgIpc) is 3.08. The lowest BCUT2D eigenvalue weighted by Crippen LogP contribution is -2.21. The van der Waals surface area contributed by atoms with Crippen molar-refractivity contribution in [3.05, 3.63) is 52.7 Å². The molecule has 3 heterocycles. The first-order chi connectivity index (χ1) is 13.6. The number of unbranched alkanes of at least 4 members (excludes halogenated alkanes) is 2. The molecule has 0 amide bonds. The van der Waals surface area contributed by atoms with Gasteiger partial charge in [-0.25, -0.2) is 4.98 Å². The summed E-state index contributed by atoms with van der Waals surface area (Å²) in [6, 6.07) is 9.50. The van der Waals surface area contributed by atoms with Gasteiger partial charge in [0.25, 0.3) is 11.3 Å². The molecule has 144 valence electrons. The second kappa shape index (κ2) is 7.42. The summed E-state index contributed by atoms with van der Waals surface area (Å²) in [5.74, 6) is 1.74. The Balaban J connectivity index is 2.08. The molecule has 0 atom stereocenters. The monoisotopic (exact) mass is 377 g/mol. The number of para-hydroxylation sites is 1. The molecular weight excluding hydrogens is 354 g/mol. The van der Waals surface area contributed by atoms with Crippen molar-refractivity contribution in [3.8, 4) is 17.0 Å². The fourth-order valence-corrected chi connectivity index (χ4v) is 3.52. The Kier molecular flexibility index (Phi) is 4.81. The number of fused-ring (bicyclic) bond motifs is 2. The predicted octanol–water partition coefficient (Wildman–Crippen LogP) is 3.61. The molecule has 7 nitrogen and oxygen atoms in total. The fourth-order valence-electron chi connectivity index (χ4n) is 3.52. The molecule has 0 aliphatic heterocycles. The lowest BCUT2D eigenvalue weighted by atomic mass is 10.1. The molecule has 0 aliphatic carbocycles. The molecule has 28 heavy (non-hydrogen) atoms. The molecule has 4 rings (SSSR count). The Morgan fingerprint density at radius 3 is 2.71 bits per heavy atom. The Morgan fingerprint density at radius 1 is 1.11 bits per heavy atom. The Bertz CT molecular complexity index is 1210. The first kappa shape index (κ1) is 18.2. The van der Waals surface area contributed by atoms with E-state index < -0.39 is 0 Å². The number of methoxy groups -OCH3 is 1. The van der Waals surface area contributed by atoms with Gasteiger partial charge in [0.2, 0.25) is 0 Å². The van der Waals surface area contributed by atoms with Crippen molar-refractivity contribution >= 4 is 16.7 Å². The van der Waals surface area contributed by atoms with Crippen LogP contribution in [0, 0.1) is 6.92 Å². The summed E-state index contributed by atoms with van der Waals surface area (Å²) in [6.45, 7) is 4.65. The molecule has 0 saturated heterocycles. The van der Waals surface area contributed by atoms with Crippen molar-refractivity contribution in [1.82, 2.24) is 24.1 Å². The minimum atomic E-state index is -0.0722. The van der Waals surface area contributed by atoms with Crippen LogP contribution in [0.3, 0.4) is 0 Å². The molecule has 0 radical (unpaired) electrons. The van der Waals surface area contributed by atoms with Crippen LogP contribution in [0.4, 0.5) is 0 Å². The van der Waals surface area contributed by atoms with Crippen LogP contribution in [0.15, 0.2) is 41.3 Å². The lowest BCUT2D eigenvalue weighted by Gasteiger charge is -2.13. The molecule has 0 fully saturated rings. The zero-order chi connectivity index (χ0) is 19.7. The number of pyridine rings is 1. The molecule has 0 spiro atoms. The van der Waals surface area contributed by atoms with E-state index in [4.69, 9.17) is 4.74 Å². The smallest absolute Gasteiger partial charge is 0.262 e. The van der Waals surface area contributed by atoms with Crippen LogP contribution in [0.1, 0.15) is 32.0 Å². The number of benzene rings is 1. The van der Waals surface area contributed by atoms with Gasteiger partial charge in [0.05, 0.1) is 23.7 Å². The molecule has 0 bridgehead atoms. The number of aromatic nitrogens is 5. The topological polar surface area (TPSA) is 74.3 Å². The predicted molar refractivity (Wildman–Crippen MR) is 109 cm³/mol. The number of hydrogen-bond donors (Lipinski definition) is 0. The van der Waals surface area contributed by atoms with Crippen molar-refractivity contribution in [2.45, 2.75) is 39.7 Å². The largest absolute Gasteiger partial charge is 0.496 e. The summed E-state index contributed by atoms with van der Waals surface area (Å²) >= 11 is 0. The third kappa shape index (κ3) is 3.02. The van der Waals surface area contributed by atoms with Gasteiger partial charge in [-0.2, -0.15) is 9.50 Å². The number of rotatable bonds is 6. The van der Waals surface area contributed by atoms with E-state index in [0.29, 0.717) is 40.5 Å². The zero-order valence-electron chi connectivity index (χ0n) is 16.3. The van der Waals surface area contributed by atoms with E-state index in [1.807, 2.05) is 43.5 Å². The normalized spacial score (nSPS) is 11.4.